The van der Waals surface area contributed by atoms with Gasteiger partial charge in [0.05, 0.1) is 0 Å². The number of hydrogen-bond acceptors (Lipinski definition) is 6. The normalized spacial score (nSPS) is 13.3. The van der Waals surface area contributed by atoms with Crippen LogP contribution in [0.2, 0.25) is 0 Å². The summed E-state index contributed by atoms with van der Waals surface area (Å²) < 4.78 is 0. The first-order chi connectivity index (χ1) is 18.3. The van der Waals surface area contributed by atoms with E-state index >= 15 is 0 Å². The van der Waals surface area contributed by atoms with Crippen LogP contribution in [0, 0.1) is 25.5 Å². The summed E-state index contributed by atoms with van der Waals surface area (Å²) in [5.41, 5.74) is 5.52. The molecule has 6 nitrogen and oxygen atoms in total. The van der Waals surface area contributed by atoms with E-state index in [1.165, 1.54) is 11.4 Å². The van der Waals surface area contributed by atoms with Crippen molar-refractivity contribution in [3.05, 3.63) is 141 Å². The van der Waals surface area contributed by atoms with Crippen LogP contribution in [0.15, 0.2) is 116 Å². The zero-order valence-corrected chi connectivity index (χ0v) is 23.0. The number of fused-ring (bicyclic) bond motifs is 2. The molecule has 0 aliphatic carbocycles. The maximum absolute atomic E-state index is 4.34. The van der Waals surface area contributed by atoms with E-state index < -0.39 is 0 Å². The smallest absolute Gasteiger partial charge is 0.143 e. The zero-order chi connectivity index (χ0) is 25.0. The molecule has 0 spiro atoms. The van der Waals surface area contributed by atoms with E-state index in [0.717, 1.165) is 28.7 Å². The van der Waals surface area contributed by atoms with Crippen LogP contribution in [0.5, 0.6) is 0 Å². The molecule has 0 fully saturated rings. The molecule has 7 rings (SSSR count). The molecule has 3 heterocycles. The van der Waals surface area contributed by atoms with Gasteiger partial charge in [0.15, 0.2) is 0 Å². The van der Waals surface area contributed by atoms with Gasteiger partial charge in [-0.25, -0.2) is 9.97 Å². The van der Waals surface area contributed by atoms with E-state index in [9.17, 15) is 0 Å². The van der Waals surface area contributed by atoms with Crippen molar-refractivity contribution in [2.45, 2.75) is 0 Å². The molecule has 38 heavy (non-hydrogen) atoms. The van der Waals surface area contributed by atoms with Crippen molar-refractivity contribution in [2.75, 3.05) is 26.6 Å². The third kappa shape index (κ3) is 4.99. The topological polar surface area (TPSA) is 38.7 Å². The van der Waals surface area contributed by atoms with Crippen LogP contribution in [-0.4, -0.2) is 17.0 Å². The molecule has 0 unspecified atom stereocenters. The number of anilines is 7. The van der Waals surface area contributed by atoms with E-state index in [-0.39, 0.29) is 20.1 Å². The molecule has 7 heteroatoms. The SMILES string of the molecule is CN1[CH-]N(c2[c-]cccc2)c2nccnc21.[Ir].[c-]1ccccc1N1[CH-]N(c2ccccc2)c2ccccc21. The summed E-state index contributed by atoms with van der Waals surface area (Å²) in [4.78, 5) is 16.9. The second kappa shape index (κ2) is 11.5. The standard InChI is InChI=1S/C19H14N2.C12H10N4.Ir/c1-3-9-16(10-4-1)20-15-21(17-11-5-2-6-12-17)19-14-8-7-13-18(19)20;1-15-9-16(10-5-3-2-4-6-10)12-11(15)13-7-8-14-12;/h1-11,13-15H;2-5,7-9H,1H3;/q2*-2;. The molecule has 5 aromatic rings. The number of para-hydroxylation sites is 5. The summed E-state index contributed by atoms with van der Waals surface area (Å²) in [6, 6.07) is 41.1. The maximum Gasteiger partial charge on any atom is 0.143 e. The fourth-order valence-corrected chi connectivity index (χ4v) is 4.37. The van der Waals surface area contributed by atoms with Crippen LogP contribution in [-0.2, 0) is 20.1 Å². The van der Waals surface area contributed by atoms with Crippen LogP contribution in [0.4, 0.5) is 40.1 Å². The number of aromatic nitrogens is 2. The molecule has 1 radical (unpaired) electrons. The maximum atomic E-state index is 4.34. The minimum Gasteiger partial charge on any atom is -0.493 e. The van der Waals surface area contributed by atoms with Gasteiger partial charge in [0.25, 0.3) is 0 Å². The number of nitrogens with zero attached hydrogens (tertiary/aromatic N) is 6. The first-order valence-corrected chi connectivity index (χ1v) is 12.0. The quantitative estimate of drug-likeness (QED) is 0.195. The Morgan fingerprint density at radius 3 is 1.76 bits per heavy atom. The van der Waals surface area contributed by atoms with Crippen LogP contribution < -0.4 is 19.6 Å². The number of hydrogen-bond donors (Lipinski definition) is 0. The Balaban J connectivity index is 0.000000156. The Kier molecular flexibility index (Phi) is 7.68. The largest absolute Gasteiger partial charge is 0.493 e. The molecular formula is C31H24IrN6-4. The predicted molar refractivity (Wildman–Crippen MR) is 149 cm³/mol. The monoisotopic (exact) mass is 673 g/mol. The van der Waals surface area contributed by atoms with Crippen molar-refractivity contribution in [2.24, 2.45) is 0 Å². The fraction of sp³-hybridized carbons (Fsp3) is 0.0323. The molecule has 0 saturated heterocycles. The Bertz CT molecular complexity index is 1400. The third-order valence-electron chi connectivity index (χ3n) is 6.08. The predicted octanol–water partition coefficient (Wildman–Crippen LogP) is 6.88. The van der Waals surface area contributed by atoms with Crippen molar-refractivity contribution in [3.63, 3.8) is 0 Å². The molecular weight excluding hydrogens is 649 g/mol. The molecule has 0 bridgehead atoms. The molecule has 4 aromatic carbocycles. The number of rotatable bonds is 3. The van der Waals surface area contributed by atoms with Crippen LogP contribution in [0.25, 0.3) is 0 Å². The van der Waals surface area contributed by atoms with Gasteiger partial charge < -0.3 is 19.6 Å². The van der Waals surface area contributed by atoms with Gasteiger partial charge >= 0.3 is 0 Å². The minimum absolute atomic E-state index is 0. The van der Waals surface area contributed by atoms with Crippen LogP contribution in [0.1, 0.15) is 0 Å². The molecule has 0 atom stereocenters. The van der Waals surface area contributed by atoms with Crippen molar-refractivity contribution in [1.82, 2.24) is 9.97 Å². The van der Waals surface area contributed by atoms with Gasteiger partial charge in [-0.3, -0.25) is 0 Å². The summed E-state index contributed by atoms with van der Waals surface area (Å²) in [5, 5.41) is 0. The minimum atomic E-state index is 0. The van der Waals surface area contributed by atoms with Gasteiger partial charge in [-0.1, -0.05) is 30.3 Å². The van der Waals surface area contributed by atoms with Gasteiger partial charge in [-0.05, 0) is 31.3 Å². The van der Waals surface area contributed by atoms with E-state index in [1.807, 2.05) is 72.0 Å². The first kappa shape index (κ1) is 25.5. The molecule has 1 aromatic heterocycles. The van der Waals surface area contributed by atoms with Crippen LogP contribution >= 0.6 is 0 Å². The second-order valence-corrected chi connectivity index (χ2v) is 8.48. The van der Waals surface area contributed by atoms with Gasteiger partial charge in [0, 0.05) is 49.6 Å². The van der Waals surface area contributed by atoms with E-state index in [4.69, 9.17) is 0 Å². The average Bonchev–Trinajstić information content (AvgIpc) is 3.53. The summed E-state index contributed by atoms with van der Waals surface area (Å²) in [5.74, 6) is 1.70. The zero-order valence-electron chi connectivity index (χ0n) is 20.6. The van der Waals surface area contributed by atoms with Crippen molar-refractivity contribution in [3.8, 4) is 0 Å². The van der Waals surface area contributed by atoms with E-state index in [2.05, 4.69) is 93.2 Å². The molecule has 2 aliphatic rings. The Labute approximate surface area is 237 Å². The summed E-state index contributed by atoms with van der Waals surface area (Å²) >= 11 is 0. The van der Waals surface area contributed by atoms with Gasteiger partial charge in [-0.15, -0.1) is 24.7 Å². The van der Waals surface area contributed by atoms with Crippen LogP contribution in [0.3, 0.4) is 0 Å². The van der Waals surface area contributed by atoms with E-state index in [0.29, 0.717) is 0 Å². The Hall–Kier alpha value is -4.19. The fourth-order valence-electron chi connectivity index (χ4n) is 4.37. The summed E-state index contributed by atoms with van der Waals surface area (Å²) in [6.07, 6.45) is 3.39. The van der Waals surface area contributed by atoms with Gasteiger partial charge in [-0.2, -0.15) is 60.7 Å². The average molecular weight is 673 g/mol. The molecule has 0 N–H and O–H groups in total. The third-order valence-corrected chi connectivity index (χ3v) is 6.08. The van der Waals surface area contributed by atoms with Crippen molar-refractivity contribution < 1.29 is 20.1 Å². The molecule has 0 amide bonds. The van der Waals surface area contributed by atoms with Crippen molar-refractivity contribution >= 4 is 40.1 Å². The van der Waals surface area contributed by atoms with Gasteiger partial charge in [0.1, 0.15) is 11.6 Å². The van der Waals surface area contributed by atoms with Gasteiger partial charge in [0.2, 0.25) is 0 Å². The summed E-state index contributed by atoms with van der Waals surface area (Å²) in [6.45, 7) is 4.07. The summed E-state index contributed by atoms with van der Waals surface area (Å²) in [7, 11) is 1.95. The molecule has 2 aliphatic heterocycles. The molecule has 191 valence electrons. The van der Waals surface area contributed by atoms with E-state index in [1.54, 1.807) is 12.4 Å². The first-order valence-electron chi connectivity index (χ1n) is 12.0. The molecule has 0 saturated carbocycles. The second-order valence-electron chi connectivity index (χ2n) is 8.48. The number of benzene rings is 4. The van der Waals surface area contributed by atoms with Crippen molar-refractivity contribution in [1.29, 1.82) is 0 Å². The Morgan fingerprint density at radius 2 is 1.13 bits per heavy atom. The Morgan fingerprint density at radius 1 is 0.579 bits per heavy atom.